The number of nitrogens with one attached hydrogen (secondary N) is 3. The van der Waals surface area contributed by atoms with Crippen molar-refractivity contribution in [2.45, 2.75) is 49.5 Å². The molecule has 1 saturated carbocycles. The van der Waals surface area contributed by atoms with Gasteiger partial charge in [-0.05, 0) is 55.1 Å². The Morgan fingerprint density at radius 2 is 1.82 bits per heavy atom. The van der Waals surface area contributed by atoms with Crippen LogP contribution in [0.1, 0.15) is 49.4 Å². The van der Waals surface area contributed by atoms with Crippen molar-refractivity contribution in [2.24, 2.45) is 0 Å². The van der Waals surface area contributed by atoms with E-state index in [0.29, 0.717) is 6.42 Å². The second-order valence-corrected chi connectivity index (χ2v) is 9.90. The van der Waals surface area contributed by atoms with E-state index in [4.69, 9.17) is 17.7 Å². The zero-order valence-corrected chi connectivity index (χ0v) is 19.9. The molecule has 10 heteroatoms. The lowest BCUT2D eigenvalue weighted by molar-refractivity contribution is 0.0951. The van der Waals surface area contributed by atoms with E-state index >= 15 is 0 Å². The molecule has 0 unspecified atom stereocenters. The van der Waals surface area contributed by atoms with Crippen LogP contribution >= 0.6 is 11.6 Å². The summed E-state index contributed by atoms with van der Waals surface area (Å²) in [5.41, 5.74) is 0.837. The van der Waals surface area contributed by atoms with E-state index in [1.807, 2.05) is 0 Å². The molecular formula is C23H28ClN3O5S. The van der Waals surface area contributed by atoms with Gasteiger partial charge in [0.15, 0.2) is 0 Å². The van der Waals surface area contributed by atoms with Gasteiger partial charge in [0.1, 0.15) is 5.75 Å². The zero-order valence-electron chi connectivity index (χ0n) is 19.3. The molecule has 0 aliphatic heterocycles. The standard InChI is InChI=1S/C23H28ClN3O5S/c1-32-21-12-9-17(24)15-20(21)22(28)25-14-13-16-7-10-19(11-8-16)33(30,31)27-23(29)26-18-5-3-2-4-6-18/h7-12,15,18H,2-6,13-14H2,1H3,(H,25,28)(H2,26,27,29)/i15T. The number of carbonyl (C=O) groups excluding carboxylic acids is 2. The van der Waals surface area contributed by atoms with Gasteiger partial charge in [-0.3, -0.25) is 4.79 Å². The normalized spacial score (nSPS) is 14.8. The third-order valence-corrected chi connectivity index (χ3v) is 6.99. The van der Waals surface area contributed by atoms with Crippen molar-refractivity contribution in [1.82, 2.24) is 15.4 Å². The van der Waals surface area contributed by atoms with Gasteiger partial charge in [-0.1, -0.05) is 43.0 Å². The van der Waals surface area contributed by atoms with Crippen molar-refractivity contribution in [3.05, 3.63) is 58.6 Å². The van der Waals surface area contributed by atoms with Gasteiger partial charge in [-0.25, -0.2) is 17.9 Å². The van der Waals surface area contributed by atoms with Crippen LogP contribution in [0.5, 0.6) is 5.75 Å². The van der Waals surface area contributed by atoms with Gasteiger partial charge in [0.2, 0.25) is 0 Å². The van der Waals surface area contributed by atoms with Crippen molar-refractivity contribution in [3.63, 3.8) is 0 Å². The first kappa shape index (κ1) is 23.4. The molecule has 1 aliphatic carbocycles. The van der Waals surface area contributed by atoms with Crippen molar-refractivity contribution in [1.29, 1.82) is 0 Å². The van der Waals surface area contributed by atoms with E-state index < -0.39 is 22.0 Å². The van der Waals surface area contributed by atoms with Crippen LogP contribution in [0, 0.1) is 0 Å². The van der Waals surface area contributed by atoms with Crippen LogP contribution in [0.3, 0.4) is 0 Å². The average Bonchev–Trinajstić information content (AvgIpc) is 2.81. The summed E-state index contributed by atoms with van der Waals surface area (Å²) in [6, 6.07) is 8.24. The van der Waals surface area contributed by atoms with Gasteiger partial charge < -0.3 is 15.4 Å². The first-order chi connectivity index (χ1) is 16.2. The molecule has 1 aliphatic rings. The SMILES string of the molecule is [3H]c1c(Cl)ccc(OC)c1C(=O)NCCc1ccc(S(=O)(=O)NC(=O)NC2CCCCC2)cc1. The number of methoxy groups -OCH3 is 1. The largest absolute Gasteiger partial charge is 0.496 e. The second kappa shape index (κ2) is 11.4. The predicted octanol–water partition coefficient (Wildman–Crippen LogP) is 3.64. The highest BCUT2D eigenvalue weighted by molar-refractivity contribution is 7.90. The highest BCUT2D eigenvalue weighted by Crippen LogP contribution is 2.22. The molecule has 0 radical (unpaired) electrons. The van der Waals surface area contributed by atoms with E-state index in [1.54, 1.807) is 12.1 Å². The summed E-state index contributed by atoms with van der Waals surface area (Å²) in [4.78, 5) is 24.6. The van der Waals surface area contributed by atoms with Gasteiger partial charge in [0.05, 0.1) is 18.9 Å². The average molecular weight is 496 g/mol. The second-order valence-electron chi connectivity index (χ2n) is 7.81. The maximum atomic E-state index is 12.5. The lowest BCUT2D eigenvalue weighted by Crippen LogP contribution is -2.45. The molecule has 3 N–H and O–H groups in total. The zero-order chi connectivity index (χ0) is 24.7. The van der Waals surface area contributed by atoms with Crippen LogP contribution in [0.25, 0.3) is 0 Å². The van der Waals surface area contributed by atoms with E-state index in [9.17, 15) is 18.0 Å². The van der Waals surface area contributed by atoms with E-state index in [-0.39, 0.29) is 39.9 Å². The lowest BCUT2D eigenvalue weighted by atomic mass is 9.96. The Morgan fingerprint density at radius 1 is 1.12 bits per heavy atom. The molecule has 0 aromatic heterocycles. The van der Waals surface area contributed by atoms with Crippen molar-refractivity contribution < 1.29 is 24.1 Å². The van der Waals surface area contributed by atoms with Crippen molar-refractivity contribution in [3.8, 4) is 5.75 Å². The number of rotatable bonds is 8. The summed E-state index contributed by atoms with van der Waals surface area (Å²) in [6.07, 6.45) is 5.32. The van der Waals surface area contributed by atoms with E-state index in [1.165, 1.54) is 31.4 Å². The molecule has 1 fully saturated rings. The minimum Gasteiger partial charge on any atom is -0.496 e. The molecule has 0 saturated heterocycles. The van der Waals surface area contributed by atoms with Gasteiger partial charge in [-0.15, -0.1) is 0 Å². The summed E-state index contributed by atoms with van der Waals surface area (Å²) in [5, 5.41) is 5.58. The number of benzene rings is 2. The molecule has 0 bridgehead atoms. The molecule has 3 rings (SSSR count). The van der Waals surface area contributed by atoms with Crippen LogP contribution in [-0.2, 0) is 16.4 Å². The number of hydrogen-bond acceptors (Lipinski definition) is 5. The quantitative estimate of drug-likeness (QED) is 0.517. The minimum atomic E-state index is -3.99. The number of ether oxygens (including phenoxy) is 1. The Morgan fingerprint density at radius 3 is 2.48 bits per heavy atom. The molecule has 2 aromatic carbocycles. The van der Waals surface area contributed by atoms with E-state index in [2.05, 4.69) is 15.4 Å². The van der Waals surface area contributed by atoms with Gasteiger partial charge in [-0.2, -0.15) is 0 Å². The highest BCUT2D eigenvalue weighted by Gasteiger charge is 2.21. The van der Waals surface area contributed by atoms with Gasteiger partial charge >= 0.3 is 6.03 Å². The Kier molecular flexibility index (Phi) is 8.06. The number of carbonyl (C=O) groups is 2. The van der Waals surface area contributed by atoms with Crippen LogP contribution in [0.4, 0.5) is 4.79 Å². The van der Waals surface area contributed by atoms with Crippen LogP contribution in [-0.4, -0.2) is 40.1 Å². The summed E-state index contributed by atoms with van der Waals surface area (Å²) in [7, 11) is -2.59. The summed E-state index contributed by atoms with van der Waals surface area (Å²) in [6.45, 7) is 0.252. The molecule has 0 atom stereocenters. The first-order valence-electron chi connectivity index (χ1n) is 11.2. The summed E-state index contributed by atoms with van der Waals surface area (Å²) in [5.74, 6) is -0.238. The van der Waals surface area contributed by atoms with Crippen LogP contribution in [0.2, 0.25) is 5.02 Å². The number of hydrogen-bond donors (Lipinski definition) is 3. The predicted molar refractivity (Wildman–Crippen MR) is 126 cm³/mol. The fraction of sp³-hybridized carbons (Fsp3) is 0.391. The smallest absolute Gasteiger partial charge is 0.328 e. The van der Waals surface area contributed by atoms with Crippen LogP contribution < -0.4 is 20.1 Å². The summed E-state index contributed by atoms with van der Waals surface area (Å²) >= 11 is 5.95. The molecule has 178 valence electrons. The number of sulfonamides is 1. The van der Waals surface area contributed by atoms with Crippen molar-refractivity contribution in [2.75, 3.05) is 13.7 Å². The molecule has 2 aromatic rings. The third-order valence-electron chi connectivity index (χ3n) is 5.42. The molecule has 0 spiro atoms. The first-order valence-corrected chi connectivity index (χ1v) is 12.6. The van der Waals surface area contributed by atoms with Gasteiger partial charge in [0, 0.05) is 17.6 Å². The Bertz CT molecular complexity index is 1140. The molecule has 8 nitrogen and oxygen atoms in total. The lowest BCUT2D eigenvalue weighted by Gasteiger charge is -2.22. The van der Waals surface area contributed by atoms with E-state index in [0.717, 1.165) is 37.7 Å². The fourth-order valence-electron chi connectivity index (χ4n) is 3.68. The fourth-order valence-corrected chi connectivity index (χ4v) is 4.75. The van der Waals surface area contributed by atoms with Crippen LogP contribution in [0.15, 0.2) is 47.3 Å². The molecule has 3 amide bonds. The Labute approximate surface area is 200 Å². The Balaban J connectivity index is 1.54. The number of urea groups is 1. The number of halogens is 1. The highest BCUT2D eigenvalue weighted by atomic mass is 35.5. The molecule has 33 heavy (non-hydrogen) atoms. The molecular weight excluding hydrogens is 466 g/mol. The maximum absolute atomic E-state index is 12.5. The Hall–Kier alpha value is -2.78. The number of amides is 3. The van der Waals surface area contributed by atoms with Crippen molar-refractivity contribution >= 4 is 33.6 Å². The summed E-state index contributed by atoms with van der Waals surface area (Å²) < 4.78 is 40.2. The monoisotopic (exact) mass is 495 g/mol. The maximum Gasteiger partial charge on any atom is 0.328 e. The third kappa shape index (κ3) is 7.10. The van der Waals surface area contributed by atoms with Gasteiger partial charge in [0.25, 0.3) is 15.9 Å². The molecule has 0 heterocycles. The minimum absolute atomic E-state index is 0.000419. The topological polar surface area (TPSA) is 114 Å².